The number of carbonyl (C=O) groups excluding carboxylic acids is 2. The largest absolute Gasteiger partial charge is 0.458 e. The predicted octanol–water partition coefficient (Wildman–Crippen LogP) is 3.82. The lowest BCUT2D eigenvalue weighted by molar-refractivity contribution is -0.170. The SMILES string of the molecule is C[C@H]1C2CC3C(=O)OC(C2OC(=O)C(CC(C)(C)C)C(C)(C)C)C31. The third kappa shape index (κ3) is 2.86. The van der Waals surface area contributed by atoms with Gasteiger partial charge < -0.3 is 9.47 Å². The van der Waals surface area contributed by atoms with Crippen LogP contribution in [-0.4, -0.2) is 24.1 Å². The van der Waals surface area contributed by atoms with Gasteiger partial charge in [0, 0.05) is 11.8 Å². The van der Waals surface area contributed by atoms with Crippen molar-refractivity contribution in [2.45, 2.75) is 73.5 Å². The monoisotopic (exact) mass is 336 g/mol. The Bertz CT molecular complexity index is 539. The van der Waals surface area contributed by atoms with Gasteiger partial charge in [-0.3, -0.25) is 9.59 Å². The number of fused-ring (bicyclic) bond motifs is 1. The summed E-state index contributed by atoms with van der Waals surface area (Å²) in [6, 6.07) is 0. The third-order valence-corrected chi connectivity index (χ3v) is 6.35. The van der Waals surface area contributed by atoms with E-state index in [1.165, 1.54) is 0 Å². The normalized spacial score (nSPS) is 39.0. The maximum Gasteiger partial charge on any atom is 0.309 e. The number of ether oxygens (including phenoxy) is 2. The molecule has 24 heavy (non-hydrogen) atoms. The van der Waals surface area contributed by atoms with Crippen LogP contribution in [0.5, 0.6) is 0 Å². The lowest BCUT2D eigenvalue weighted by atomic mass is 9.72. The summed E-state index contributed by atoms with van der Waals surface area (Å²) in [7, 11) is 0. The minimum atomic E-state index is -0.245. The second-order valence-corrected chi connectivity index (χ2v) is 10.4. The van der Waals surface area contributed by atoms with Crippen molar-refractivity contribution >= 4 is 11.9 Å². The summed E-state index contributed by atoms with van der Waals surface area (Å²) in [5.41, 5.74) is -0.0909. The zero-order valence-electron chi connectivity index (χ0n) is 16.1. The van der Waals surface area contributed by atoms with Crippen molar-refractivity contribution in [3.05, 3.63) is 0 Å². The highest BCUT2D eigenvalue weighted by Crippen LogP contribution is 2.59. The van der Waals surface area contributed by atoms with Crippen LogP contribution in [-0.2, 0) is 19.1 Å². The first kappa shape index (κ1) is 17.8. The van der Waals surface area contributed by atoms with Crippen molar-refractivity contribution in [3.63, 3.8) is 0 Å². The van der Waals surface area contributed by atoms with E-state index in [4.69, 9.17) is 9.47 Å². The third-order valence-electron chi connectivity index (χ3n) is 6.35. The molecule has 3 fully saturated rings. The van der Waals surface area contributed by atoms with Crippen LogP contribution in [0.4, 0.5) is 0 Å². The summed E-state index contributed by atoms with van der Waals surface area (Å²) in [5, 5.41) is 0. The zero-order valence-corrected chi connectivity index (χ0v) is 16.1. The predicted molar refractivity (Wildman–Crippen MR) is 91.0 cm³/mol. The number of esters is 2. The van der Waals surface area contributed by atoms with E-state index >= 15 is 0 Å². The fraction of sp³-hybridized carbons (Fsp3) is 0.900. The van der Waals surface area contributed by atoms with Gasteiger partial charge in [0.15, 0.2) is 0 Å². The van der Waals surface area contributed by atoms with Crippen LogP contribution in [0.3, 0.4) is 0 Å². The van der Waals surface area contributed by atoms with E-state index in [2.05, 4.69) is 48.5 Å². The molecule has 6 unspecified atom stereocenters. The summed E-state index contributed by atoms with van der Waals surface area (Å²) in [4.78, 5) is 25.0. The molecule has 0 radical (unpaired) electrons. The minimum Gasteiger partial charge on any atom is -0.458 e. The van der Waals surface area contributed by atoms with Gasteiger partial charge in [0.25, 0.3) is 0 Å². The second kappa shape index (κ2) is 5.47. The second-order valence-electron chi connectivity index (χ2n) is 10.4. The van der Waals surface area contributed by atoms with Crippen LogP contribution in [0, 0.1) is 40.4 Å². The van der Waals surface area contributed by atoms with Crippen molar-refractivity contribution in [1.82, 2.24) is 0 Å². The fourth-order valence-corrected chi connectivity index (χ4v) is 5.09. The van der Waals surface area contributed by atoms with Crippen molar-refractivity contribution in [2.24, 2.45) is 40.4 Å². The van der Waals surface area contributed by atoms with Gasteiger partial charge >= 0.3 is 11.9 Å². The Balaban J connectivity index is 1.75. The van der Waals surface area contributed by atoms with Gasteiger partial charge in [0.05, 0.1) is 11.8 Å². The Labute approximate surface area is 145 Å². The topological polar surface area (TPSA) is 52.6 Å². The quantitative estimate of drug-likeness (QED) is 0.735. The molecule has 0 spiro atoms. The Morgan fingerprint density at radius 3 is 2.42 bits per heavy atom. The van der Waals surface area contributed by atoms with Crippen LogP contribution in [0.1, 0.15) is 61.3 Å². The molecule has 4 heteroatoms. The number of carbonyl (C=O) groups is 2. The van der Waals surface area contributed by atoms with Gasteiger partial charge in [-0.15, -0.1) is 0 Å². The Hall–Kier alpha value is -1.06. The Morgan fingerprint density at radius 2 is 1.88 bits per heavy atom. The molecule has 1 heterocycles. The average Bonchev–Trinajstić information content (AvgIpc) is 2.95. The van der Waals surface area contributed by atoms with Crippen molar-refractivity contribution in [2.75, 3.05) is 0 Å². The highest BCUT2D eigenvalue weighted by molar-refractivity contribution is 5.78. The maximum absolute atomic E-state index is 13.0. The van der Waals surface area contributed by atoms with Crippen molar-refractivity contribution in [3.8, 4) is 0 Å². The number of rotatable bonds is 3. The van der Waals surface area contributed by atoms with Gasteiger partial charge in [-0.2, -0.15) is 0 Å². The Kier molecular flexibility index (Phi) is 4.05. The molecule has 3 aliphatic rings. The molecule has 2 aliphatic carbocycles. The molecule has 2 bridgehead atoms. The molecule has 0 aromatic carbocycles. The van der Waals surface area contributed by atoms with Crippen LogP contribution < -0.4 is 0 Å². The molecule has 0 aromatic rings. The summed E-state index contributed by atoms with van der Waals surface area (Å²) in [6.45, 7) is 14.9. The van der Waals surface area contributed by atoms with Gasteiger partial charge in [-0.1, -0.05) is 48.5 Å². The first-order chi connectivity index (χ1) is 10.9. The standard InChI is InChI=1S/C20H32O4/c1-10-11-8-12-14(10)16(24-17(12)21)15(11)23-18(22)13(20(5,6)7)9-19(2,3)4/h10-16H,8-9H2,1-7H3/t10-,11?,12?,13?,14?,15?,16?/m0/s1. The van der Waals surface area contributed by atoms with E-state index in [1.807, 2.05) is 0 Å². The van der Waals surface area contributed by atoms with Crippen LogP contribution >= 0.6 is 0 Å². The lowest BCUT2D eigenvalue weighted by Gasteiger charge is -2.35. The minimum absolute atomic E-state index is 0.0398. The molecule has 0 N–H and O–H groups in total. The maximum atomic E-state index is 13.0. The van der Waals surface area contributed by atoms with Crippen LogP contribution in [0.2, 0.25) is 0 Å². The lowest BCUT2D eigenvalue weighted by Crippen LogP contribution is -2.41. The number of hydrogen-bond acceptors (Lipinski definition) is 4. The van der Waals surface area contributed by atoms with Crippen LogP contribution in [0.25, 0.3) is 0 Å². The smallest absolute Gasteiger partial charge is 0.309 e. The van der Waals surface area contributed by atoms with Gasteiger partial charge in [-0.05, 0) is 29.6 Å². The summed E-state index contributed by atoms with van der Waals surface area (Å²) in [5.74, 6) is 0.603. The molecule has 0 aromatic heterocycles. The first-order valence-electron chi connectivity index (χ1n) is 9.31. The Morgan fingerprint density at radius 1 is 1.25 bits per heavy atom. The first-order valence-corrected chi connectivity index (χ1v) is 9.31. The van der Waals surface area contributed by atoms with E-state index in [1.54, 1.807) is 0 Å². The molecular weight excluding hydrogens is 304 g/mol. The number of hydrogen-bond donors (Lipinski definition) is 0. The highest BCUT2D eigenvalue weighted by Gasteiger charge is 2.67. The summed E-state index contributed by atoms with van der Waals surface area (Å²) >= 11 is 0. The summed E-state index contributed by atoms with van der Waals surface area (Å²) < 4.78 is 11.6. The highest BCUT2D eigenvalue weighted by atomic mass is 16.6. The molecular formula is C20H32O4. The van der Waals surface area contributed by atoms with Crippen LogP contribution in [0.15, 0.2) is 0 Å². The van der Waals surface area contributed by atoms with Gasteiger partial charge in [0.1, 0.15) is 12.2 Å². The molecule has 1 aliphatic heterocycles. The fourth-order valence-electron chi connectivity index (χ4n) is 5.09. The van der Waals surface area contributed by atoms with Crippen molar-refractivity contribution in [1.29, 1.82) is 0 Å². The zero-order chi connectivity index (χ0) is 18.0. The van der Waals surface area contributed by atoms with E-state index in [-0.39, 0.29) is 58.6 Å². The van der Waals surface area contributed by atoms with E-state index in [9.17, 15) is 9.59 Å². The average molecular weight is 336 g/mol. The molecule has 2 saturated carbocycles. The molecule has 1 saturated heterocycles. The van der Waals surface area contributed by atoms with Crippen molar-refractivity contribution < 1.29 is 19.1 Å². The molecule has 7 atom stereocenters. The van der Waals surface area contributed by atoms with Gasteiger partial charge in [-0.25, -0.2) is 0 Å². The molecule has 0 amide bonds. The molecule has 3 rings (SSSR count). The molecule has 4 nitrogen and oxygen atoms in total. The van der Waals surface area contributed by atoms with E-state index in [0.29, 0.717) is 5.92 Å². The molecule has 136 valence electrons. The van der Waals surface area contributed by atoms with Gasteiger partial charge in [0.2, 0.25) is 0 Å². The summed E-state index contributed by atoms with van der Waals surface area (Å²) in [6.07, 6.45) is 1.15. The van der Waals surface area contributed by atoms with E-state index in [0.717, 1.165) is 12.8 Å². The van der Waals surface area contributed by atoms with E-state index < -0.39 is 0 Å².